The van der Waals surface area contributed by atoms with Crippen LogP contribution < -0.4 is 4.31 Å². The highest BCUT2D eigenvalue weighted by molar-refractivity contribution is 7.93. The van der Waals surface area contributed by atoms with Crippen molar-refractivity contribution < 1.29 is 8.42 Å². The minimum atomic E-state index is -3.83. The second-order valence-electron chi connectivity index (χ2n) is 4.36. The van der Waals surface area contributed by atoms with Crippen molar-refractivity contribution in [2.45, 2.75) is 4.90 Å². The topological polar surface area (TPSA) is 76.1 Å². The predicted molar refractivity (Wildman–Crippen MR) is 82.0 cm³/mol. The zero-order valence-corrected chi connectivity index (χ0v) is 12.3. The number of sulfonamides is 1. The van der Waals surface area contributed by atoms with E-state index in [2.05, 4.69) is 15.0 Å². The molecular weight excluding hydrogens is 300 g/mol. The van der Waals surface area contributed by atoms with Crippen molar-refractivity contribution in [2.24, 2.45) is 0 Å². The second kappa shape index (κ2) is 5.90. The molecule has 0 spiro atoms. The van der Waals surface area contributed by atoms with Crippen LogP contribution in [0.3, 0.4) is 0 Å². The molecule has 22 heavy (non-hydrogen) atoms. The van der Waals surface area contributed by atoms with Crippen LogP contribution in [0.15, 0.2) is 78.2 Å². The smallest absolute Gasteiger partial charge is 0.225 e. The summed E-state index contributed by atoms with van der Waals surface area (Å²) in [7, 11) is -3.83. The van der Waals surface area contributed by atoms with E-state index in [9.17, 15) is 8.42 Å². The third kappa shape index (κ3) is 2.66. The van der Waals surface area contributed by atoms with E-state index in [1.807, 2.05) is 6.07 Å². The fourth-order valence-corrected chi connectivity index (χ4v) is 3.38. The maximum absolute atomic E-state index is 13.0. The molecule has 0 saturated heterocycles. The van der Waals surface area contributed by atoms with Gasteiger partial charge in [0.15, 0.2) is 0 Å². The van der Waals surface area contributed by atoms with Crippen molar-refractivity contribution in [1.29, 1.82) is 0 Å². The average molecular weight is 312 g/mol. The summed E-state index contributed by atoms with van der Waals surface area (Å²) >= 11 is 0. The zero-order chi connectivity index (χ0) is 15.4. The van der Waals surface area contributed by atoms with Gasteiger partial charge in [0, 0.05) is 0 Å². The van der Waals surface area contributed by atoms with Gasteiger partial charge in [-0.2, -0.15) is 0 Å². The summed E-state index contributed by atoms with van der Waals surface area (Å²) in [6, 6.07) is 16.9. The molecule has 0 fully saturated rings. The summed E-state index contributed by atoms with van der Waals surface area (Å²) in [5.74, 6) is 0.0463. The molecule has 0 aliphatic heterocycles. The van der Waals surface area contributed by atoms with Crippen molar-refractivity contribution in [3.05, 3.63) is 73.3 Å². The molecule has 0 unspecified atom stereocenters. The molecule has 0 atom stereocenters. The first-order chi connectivity index (χ1) is 10.7. The van der Waals surface area contributed by atoms with Crippen LogP contribution in [-0.2, 0) is 10.0 Å². The highest BCUT2D eigenvalue weighted by atomic mass is 32.2. The molecule has 6 nitrogen and oxygen atoms in total. The van der Waals surface area contributed by atoms with Crippen molar-refractivity contribution in [1.82, 2.24) is 15.0 Å². The van der Waals surface area contributed by atoms with Crippen LogP contribution in [0.2, 0.25) is 0 Å². The molecule has 0 saturated carbocycles. The molecule has 2 aromatic carbocycles. The molecule has 0 N–H and O–H groups in total. The van der Waals surface area contributed by atoms with Gasteiger partial charge in [-0.3, -0.25) is 0 Å². The first-order valence-electron chi connectivity index (χ1n) is 6.47. The van der Waals surface area contributed by atoms with Crippen LogP contribution in [-0.4, -0.2) is 23.4 Å². The molecule has 0 aliphatic rings. The van der Waals surface area contributed by atoms with Crippen LogP contribution >= 0.6 is 0 Å². The molecule has 0 bridgehead atoms. The normalized spacial score (nSPS) is 11.1. The molecule has 0 amide bonds. The fraction of sp³-hybridized carbons (Fsp3) is 0. The summed E-state index contributed by atoms with van der Waals surface area (Å²) in [5, 5.41) is 0. The number of rotatable bonds is 4. The number of nitrogens with zero attached hydrogens (tertiary/aromatic N) is 4. The average Bonchev–Trinajstić information content (AvgIpc) is 2.58. The second-order valence-corrected chi connectivity index (χ2v) is 6.14. The minimum Gasteiger partial charge on any atom is -0.225 e. The molecule has 7 heteroatoms. The van der Waals surface area contributed by atoms with Gasteiger partial charge in [-0.05, 0) is 24.3 Å². The zero-order valence-electron chi connectivity index (χ0n) is 11.4. The van der Waals surface area contributed by atoms with E-state index in [-0.39, 0.29) is 10.8 Å². The Morgan fingerprint density at radius 1 is 0.773 bits per heavy atom. The predicted octanol–water partition coefficient (Wildman–Crippen LogP) is 2.40. The third-order valence-corrected chi connectivity index (χ3v) is 4.66. The number of para-hydroxylation sites is 1. The van der Waals surface area contributed by atoms with Gasteiger partial charge in [0.2, 0.25) is 5.95 Å². The van der Waals surface area contributed by atoms with Gasteiger partial charge in [-0.25, -0.2) is 27.7 Å². The van der Waals surface area contributed by atoms with E-state index in [1.165, 1.54) is 24.8 Å². The van der Waals surface area contributed by atoms with Crippen molar-refractivity contribution in [3.8, 4) is 0 Å². The number of aromatic nitrogens is 3. The van der Waals surface area contributed by atoms with E-state index < -0.39 is 10.0 Å². The van der Waals surface area contributed by atoms with E-state index in [4.69, 9.17) is 0 Å². The van der Waals surface area contributed by atoms with Crippen LogP contribution in [0.25, 0.3) is 0 Å². The van der Waals surface area contributed by atoms with E-state index in [1.54, 1.807) is 42.5 Å². The van der Waals surface area contributed by atoms with Gasteiger partial charge >= 0.3 is 0 Å². The van der Waals surface area contributed by atoms with Crippen LogP contribution in [0.1, 0.15) is 0 Å². The Labute approximate surface area is 128 Å². The maximum Gasteiger partial charge on any atom is 0.271 e. The van der Waals surface area contributed by atoms with Crippen LogP contribution in [0.5, 0.6) is 0 Å². The summed E-state index contributed by atoms with van der Waals surface area (Å²) < 4.78 is 27.0. The molecule has 0 radical (unpaired) electrons. The Hall–Kier alpha value is -2.80. The third-order valence-electron chi connectivity index (χ3n) is 2.93. The Morgan fingerprint density at radius 3 is 1.91 bits per heavy atom. The largest absolute Gasteiger partial charge is 0.271 e. The molecule has 0 aliphatic carbocycles. The lowest BCUT2D eigenvalue weighted by atomic mass is 10.3. The van der Waals surface area contributed by atoms with Gasteiger partial charge in [0.25, 0.3) is 10.0 Å². The molecule has 1 aromatic heterocycles. The van der Waals surface area contributed by atoms with Gasteiger partial charge in [-0.1, -0.05) is 36.4 Å². The Balaban J connectivity index is 2.19. The van der Waals surface area contributed by atoms with E-state index in [0.717, 1.165) is 4.31 Å². The SMILES string of the molecule is O=S(=O)(c1ccccc1)N(c1ccccc1)c1ncncn1. The molecule has 3 aromatic rings. The lowest BCUT2D eigenvalue weighted by Gasteiger charge is -2.22. The van der Waals surface area contributed by atoms with Crippen LogP contribution in [0, 0.1) is 0 Å². The molecular formula is C15H12N4O2S. The highest BCUT2D eigenvalue weighted by Crippen LogP contribution is 2.29. The lowest BCUT2D eigenvalue weighted by Crippen LogP contribution is -2.28. The van der Waals surface area contributed by atoms with E-state index >= 15 is 0 Å². The monoisotopic (exact) mass is 312 g/mol. The standard InChI is InChI=1S/C15H12N4O2S/c20-22(21,14-9-5-2-6-10-14)19(13-7-3-1-4-8-13)15-17-11-16-12-18-15/h1-12H. The van der Waals surface area contributed by atoms with Gasteiger partial charge < -0.3 is 0 Å². The first-order valence-corrected chi connectivity index (χ1v) is 7.91. The molecule has 3 rings (SSSR count). The van der Waals surface area contributed by atoms with Gasteiger partial charge in [-0.15, -0.1) is 0 Å². The summed E-state index contributed by atoms with van der Waals surface area (Å²) in [6.45, 7) is 0. The van der Waals surface area contributed by atoms with Crippen molar-refractivity contribution in [2.75, 3.05) is 4.31 Å². The first kappa shape index (κ1) is 14.2. The molecule has 1 heterocycles. The van der Waals surface area contributed by atoms with Gasteiger partial charge in [0.1, 0.15) is 12.7 Å². The summed E-state index contributed by atoms with van der Waals surface area (Å²) in [4.78, 5) is 11.8. The Morgan fingerprint density at radius 2 is 1.32 bits per heavy atom. The number of benzene rings is 2. The Bertz CT molecular complexity index is 801. The quantitative estimate of drug-likeness (QED) is 0.739. The van der Waals surface area contributed by atoms with Gasteiger partial charge in [0.05, 0.1) is 10.6 Å². The van der Waals surface area contributed by atoms with E-state index in [0.29, 0.717) is 5.69 Å². The summed E-state index contributed by atoms with van der Waals surface area (Å²) in [5.41, 5.74) is 0.456. The summed E-state index contributed by atoms with van der Waals surface area (Å²) in [6.07, 6.45) is 2.53. The fourth-order valence-electron chi connectivity index (χ4n) is 1.96. The highest BCUT2D eigenvalue weighted by Gasteiger charge is 2.28. The van der Waals surface area contributed by atoms with Crippen LogP contribution in [0.4, 0.5) is 11.6 Å². The van der Waals surface area contributed by atoms with Crippen molar-refractivity contribution >= 4 is 21.7 Å². The lowest BCUT2D eigenvalue weighted by molar-refractivity contribution is 0.595. The molecule has 110 valence electrons. The van der Waals surface area contributed by atoms with Crippen molar-refractivity contribution in [3.63, 3.8) is 0 Å². The minimum absolute atomic E-state index is 0.0463. The maximum atomic E-state index is 13.0. The number of hydrogen-bond acceptors (Lipinski definition) is 5. The Kier molecular flexibility index (Phi) is 3.80. The number of anilines is 2. The number of hydrogen-bond donors (Lipinski definition) is 0.